The molecule has 3 rings (SSSR count). The van der Waals surface area contributed by atoms with Crippen molar-refractivity contribution in [3.63, 3.8) is 0 Å². The number of carbonyl (C=O) groups excluding carboxylic acids is 1. The first-order valence-electron chi connectivity index (χ1n) is 13.1. The summed E-state index contributed by atoms with van der Waals surface area (Å²) in [7, 11) is 3.14. The van der Waals surface area contributed by atoms with Crippen molar-refractivity contribution in [2.45, 2.75) is 64.5 Å². The number of rotatable bonds is 12. The summed E-state index contributed by atoms with van der Waals surface area (Å²) >= 11 is 8.88. The second-order valence-electron chi connectivity index (χ2n) is 9.33. The standard InChI is InChI=1S/C26H32ClFN4O5S2.C2H6/c1-26(2,3)37-25(34)31(10-6-7-11-33)21-14-20(28)23(13-19(21)27)39-32(24-29-16-30-38-24)15-17-8-9-18(35-4)12-22(17)36-5;1-2/h8-9,12-14,16,33H,6-7,10-11,15H2,1-5H3;1-2H3. The lowest BCUT2D eigenvalue weighted by atomic mass is 10.2. The zero-order valence-electron chi connectivity index (χ0n) is 24.4. The van der Waals surface area contributed by atoms with Gasteiger partial charge in [0.25, 0.3) is 0 Å². The number of aliphatic hydroxyl groups excluding tert-OH is 1. The predicted molar refractivity (Wildman–Crippen MR) is 164 cm³/mol. The van der Waals surface area contributed by atoms with Gasteiger partial charge in [-0.1, -0.05) is 25.4 Å². The summed E-state index contributed by atoms with van der Waals surface area (Å²) in [4.78, 5) is 18.8. The minimum Gasteiger partial charge on any atom is -0.497 e. The molecule has 9 nitrogen and oxygen atoms in total. The molecule has 0 atom stereocenters. The first kappa shape index (κ1) is 34.4. The number of aliphatic hydroxyl groups is 1. The van der Waals surface area contributed by atoms with Crippen molar-refractivity contribution in [2.24, 2.45) is 0 Å². The largest absolute Gasteiger partial charge is 0.497 e. The highest BCUT2D eigenvalue weighted by Gasteiger charge is 2.27. The average Bonchev–Trinajstić information content (AvgIpc) is 3.48. The number of ether oxygens (including phenoxy) is 3. The van der Waals surface area contributed by atoms with Crippen LogP contribution >= 0.6 is 35.1 Å². The van der Waals surface area contributed by atoms with Crippen molar-refractivity contribution in [3.8, 4) is 11.5 Å². The fourth-order valence-electron chi connectivity index (χ4n) is 3.48. The molecular weight excluding hydrogens is 591 g/mol. The van der Waals surface area contributed by atoms with Crippen molar-refractivity contribution < 1.29 is 28.5 Å². The molecule has 0 saturated heterocycles. The lowest BCUT2D eigenvalue weighted by Crippen LogP contribution is -2.37. The minimum absolute atomic E-state index is 0.0275. The van der Waals surface area contributed by atoms with Crippen LogP contribution in [0.1, 0.15) is 53.0 Å². The van der Waals surface area contributed by atoms with Crippen LogP contribution in [0.3, 0.4) is 0 Å². The summed E-state index contributed by atoms with van der Waals surface area (Å²) in [5.41, 5.74) is 0.256. The molecule has 0 unspecified atom stereocenters. The fraction of sp³-hybridized carbons (Fsp3) is 0.464. The van der Waals surface area contributed by atoms with E-state index < -0.39 is 17.5 Å². The number of carbonyl (C=O) groups is 1. The van der Waals surface area contributed by atoms with Crippen LogP contribution < -0.4 is 18.7 Å². The SMILES string of the molecule is CC.COc1ccc(CN(Sc2cc(Cl)c(N(CCCCO)C(=O)OC(C)(C)C)cc2F)c2ncns2)c(OC)c1. The molecule has 1 N–H and O–H groups in total. The van der Waals surface area contributed by atoms with Gasteiger partial charge in [-0.15, -0.1) is 0 Å². The van der Waals surface area contributed by atoms with E-state index in [4.69, 9.17) is 25.8 Å². The Morgan fingerprint density at radius 1 is 1.15 bits per heavy atom. The average molecular weight is 629 g/mol. The number of methoxy groups -OCH3 is 2. The number of unbranched alkanes of at least 4 members (excludes halogenated alkanes) is 1. The summed E-state index contributed by atoms with van der Waals surface area (Å²) in [5.74, 6) is 0.674. The molecule has 41 heavy (non-hydrogen) atoms. The zero-order valence-corrected chi connectivity index (χ0v) is 26.8. The van der Waals surface area contributed by atoms with Crippen molar-refractivity contribution >= 4 is 52.0 Å². The number of anilines is 2. The third-order valence-electron chi connectivity index (χ3n) is 5.28. The zero-order chi connectivity index (χ0) is 30.6. The molecule has 0 saturated carbocycles. The summed E-state index contributed by atoms with van der Waals surface area (Å²) in [6.07, 6.45) is 1.73. The summed E-state index contributed by atoms with van der Waals surface area (Å²) < 4.78 is 37.8. The second-order valence-corrected chi connectivity index (χ2v) is 11.6. The van der Waals surface area contributed by atoms with Crippen molar-refractivity contribution in [1.82, 2.24) is 9.36 Å². The van der Waals surface area contributed by atoms with Gasteiger partial charge in [0.1, 0.15) is 29.2 Å². The normalized spacial score (nSPS) is 10.9. The second kappa shape index (κ2) is 16.6. The van der Waals surface area contributed by atoms with E-state index in [2.05, 4.69) is 9.36 Å². The van der Waals surface area contributed by atoms with Crippen LogP contribution in [0.4, 0.5) is 20.0 Å². The number of benzene rings is 2. The monoisotopic (exact) mass is 628 g/mol. The Morgan fingerprint density at radius 2 is 1.88 bits per heavy atom. The van der Waals surface area contributed by atoms with Crippen LogP contribution in [0.15, 0.2) is 41.6 Å². The molecule has 13 heteroatoms. The maximum absolute atomic E-state index is 15.6. The maximum Gasteiger partial charge on any atom is 0.414 e. The molecule has 0 radical (unpaired) electrons. The van der Waals surface area contributed by atoms with Gasteiger partial charge in [0, 0.05) is 42.4 Å². The van der Waals surface area contributed by atoms with Crippen LogP contribution in [0.5, 0.6) is 11.5 Å². The highest BCUT2D eigenvalue weighted by Crippen LogP contribution is 2.39. The summed E-state index contributed by atoms with van der Waals surface area (Å²) in [6, 6.07) is 8.14. The first-order chi connectivity index (χ1) is 19.6. The molecule has 0 bridgehead atoms. The molecule has 1 aromatic heterocycles. The van der Waals surface area contributed by atoms with Gasteiger partial charge in [0.05, 0.1) is 36.4 Å². The molecular formula is C28H38ClFN4O5S2. The Labute approximate surface area is 254 Å². The van der Waals surface area contributed by atoms with E-state index in [1.165, 1.54) is 23.4 Å². The highest BCUT2D eigenvalue weighted by molar-refractivity contribution is 8.00. The van der Waals surface area contributed by atoms with Crippen molar-refractivity contribution in [3.05, 3.63) is 53.1 Å². The van der Waals surface area contributed by atoms with Gasteiger partial charge >= 0.3 is 6.09 Å². The van der Waals surface area contributed by atoms with E-state index in [1.54, 1.807) is 45.4 Å². The Hall–Kier alpha value is -2.80. The minimum atomic E-state index is -0.752. The molecule has 0 aliphatic rings. The number of hydrogen-bond donors (Lipinski definition) is 1. The third kappa shape index (κ3) is 10.2. The van der Waals surface area contributed by atoms with Gasteiger partial charge in [-0.05, 0) is 63.8 Å². The number of amides is 1. The van der Waals surface area contributed by atoms with Crippen LogP contribution in [-0.4, -0.2) is 53.5 Å². The number of nitrogens with zero attached hydrogens (tertiary/aromatic N) is 4. The van der Waals surface area contributed by atoms with Gasteiger partial charge in [-0.3, -0.25) is 9.21 Å². The third-order valence-corrected chi connectivity index (χ3v) is 7.41. The Morgan fingerprint density at radius 3 is 2.46 bits per heavy atom. The summed E-state index contributed by atoms with van der Waals surface area (Å²) in [6.45, 7) is 9.74. The number of aromatic nitrogens is 2. The Kier molecular flexibility index (Phi) is 13.9. The molecule has 0 aliphatic carbocycles. The van der Waals surface area contributed by atoms with E-state index in [1.807, 2.05) is 26.0 Å². The van der Waals surface area contributed by atoms with Crippen LogP contribution in [-0.2, 0) is 11.3 Å². The quantitative estimate of drug-likeness (QED) is 0.161. The van der Waals surface area contributed by atoms with Crippen molar-refractivity contribution in [2.75, 3.05) is 36.6 Å². The summed E-state index contributed by atoms with van der Waals surface area (Å²) in [5, 5.41) is 9.91. The van der Waals surface area contributed by atoms with Crippen LogP contribution in [0.25, 0.3) is 0 Å². The van der Waals surface area contributed by atoms with Gasteiger partial charge in [-0.2, -0.15) is 4.37 Å². The molecule has 2 aromatic carbocycles. The topological polar surface area (TPSA) is 97.2 Å². The Bertz CT molecular complexity index is 1240. The van der Waals surface area contributed by atoms with Gasteiger partial charge in [0.2, 0.25) is 5.13 Å². The molecule has 0 fully saturated rings. The molecule has 226 valence electrons. The Balaban J connectivity index is 0.00000287. The first-order valence-corrected chi connectivity index (χ1v) is 15.0. The maximum atomic E-state index is 15.6. The number of halogens is 2. The van der Waals surface area contributed by atoms with E-state index in [9.17, 15) is 9.90 Å². The van der Waals surface area contributed by atoms with Crippen LogP contribution in [0.2, 0.25) is 5.02 Å². The van der Waals surface area contributed by atoms with E-state index in [0.717, 1.165) is 29.0 Å². The molecule has 1 amide bonds. The number of hydrogen-bond acceptors (Lipinski definition) is 10. The highest BCUT2D eigenvalue weighted by atomic mass is 35.5. The van der Waals surface area contributed by atoms with Crippen LogP contribution in [0, 0.1) is 5.82 Å². The lowest BCUT2D eigenvalue weighted by Gasteiger charge is -2.28. The van der Waals surface area contributed by atoms with Gasteiger partial charge in [-0.25, -0.2) is 14.2 Å². The molecule has 3 aromatic rings. The fourth-order valence-corrected chi connectivity index (χ4v) is 5.34. The molecule has 0 spiro atoms. The van der Waals surface area contributed by atoms with E-state index in [0.29, 0.717) is 36.0 Å². The van der Waals surface area contributed by atoms with Gasteiger partial charge < -0.3 is 19.3 Å². The predicted octanol–water partition coefficient (Wildman–Crippen LogP) is 7.60. The molecule has 1 heterocycles. The van der Waals surface area contributed by atoms with E-state index in [-0.39, 0.29) is 28.8 Å². The lowest BCUT2D eigenvalue weighted by molar-refractivity contribution is 0.0579. The molecule has 0 aliphatic heterocycles. The smallest absolute Gasteiger partial charge is 0.414 e. The van der Waals surface area contributed by atoms with Gasteiger partial charge in [0.15, 0.2) is 0 Å². The van der Waals surface area contributed by atoms with E-state index >= 15 is 4.39 Å². The van der Waals surface area contributed by atoms with Crippen molar-refractivity contribution in [1.29, 1.82) is 0 Å².